The van der Waals surface area contributed by atoms with Gasteiger partial charge in [0.2, 0.25) is 0 Å². The van der Waals surface area contributed by atoms with E-state index in [1.807, 2.05) is 11.9 Å². The van der Waals surface area contributed by atoms with Crippen LogP contribution in [0, 0.1) is 0 Å². The summed E-state index contributed by atoms with van der Waals surface area (Å²) in [6, 6.07) is 5.54. The molecule has 1 aromatic heterocycles. The first-order chi connectivity index (χ1) is 11.8. The molecule has 1 aromatic carbocycles. The second kappa shape index (κ2) is 6.27. The number of rotatable bonds is 2. The van der Waals surface area contributed by atoms with Crippen molar-refractivity contribution >= 4 is 17.3 Å². The Balaban J connectivity index is 2.13. The average Bonchev–Trinajstić information content (AvgIpc) is 2.60. The molecule has 2 N–H and O–H groups in total. The van der Waals surface area contributed by atoms with E-state index in [2.05, 4.69) is 15.6 Å². The Morgan fingerprint density at radius 2 is 2.08 bits per heavy atom. The Bertz CT molecular complexity index is 803. The average molecular weight is 350 g/mol. The lowest BCUT2D eigenvalue weighted by molar-refractivity contribution is -0.137. The van der Waals surface area contributed by atoms with E-state index in [0.29, 0.717) is 30.0 Å². The second-order valence-electron chi connectivity index (χ2n) is 5.77. The molecule has 0 radical (unpaired) electrons. The standard InChI is InChI=1S/C17H17F3N4O/c1-21-16(25)13-4-3-10(9-23-13)11-7-15-14(22-5-6-24(15)2)8-12(11)17(18,19)20/h3-4,7-9,22H,5-6H2,1-2H3,(H,21,25). The van der Waals surface area contributed by atoms with E-state index < -0.39 is 17.6 Å². The second-order valence-corrected chi connectivity index (χ2v) is 5.77. The fourth-order valence-corrected chi connectivity index (χ4v) is 2.81. The minimum absolute atomic E-state index is 0.0396. The zero-order chi connectivity index (χ0) is 18.2. The number of pyridine rings is 1. The summed E-state index contributed by atoms with van der Waals surface area (Å²) in [5.41, 5.74) is 0.920. The Hall–Kier alpha value is -2.77. The minimum atomic E-state index is -4.50. The van der Waals surface area contributed by atoms with Crippen LogP contribution in [0.4, 0.5) is 24.5 Å². The van der Waals surface area contributed by atoms with Crippen LogP contribution in [0.5, 0.6) is 0 Å². The molecule has 0 spiro atoms. The Labute approximate surface area is 142 Å². The number of fused-ring (bicyclic) bond motifs is 1. The van der Waals surface area contributed by atoms with Gasteiger partial charge in [-0.25, -0.2) is 0 Å². The van der Waals surface area contributed by atoms with Gasteiger partial charge in [-0.3, -0.25) is 9.78 Å². The van der Waals surface area contributed by atoms with Crippen LogP contribution in [-0.2, 0) is 6.18 Å². The summed E-state index contributed by atoms with van der Waals surface area (Å²) in [6.45, 7) is 1.29. The van der Waals surface area contributed by atoms with E-state index in [0.717, 1.165) is 6.07 Å². The lowest BCUT2D eigenvalue weighted by Crippen LogP contribution is -2.30. The van der Waals surface area contributed by atoms with E-state index in [-0.39, 0.29) is 11.3 Å². The molecule has 0 saturated carbocycles. The van der Waals surface area contributed by atoms with Crippen LogP contribution in [0.3, 0.4) is 0 Å². The zero-order valence-corrected chi connectivity index (χ0v) is 13.7. The molecule has 132 valence electrons. The topological polar surface area (TPSA) is 57.3 Å². The van der Waals surface area contributed by atoms with Crippen LogP contribution in [0.2, 0.25) is 0 Å². The molecule has 25 heavy (non-hydrogen) atoms. The molecule has 0 atom stereocenters. The summed E-state index contributed by atoms with van der Waals surface area (Å²) >= 11 is 0. The summed E-state index contributed by atoms with van der Waals surface area (Å²) in [7, 11) is 3.30. The maximum Gasteiger partial charge on any atom is 0.417 e. The normalized spacial score (nSPS) is 13.9. The predicted molar refractivity (Wildman–Crippen MR) is 89.8 cm³/mol. The highest BCUT2D eigenvalue weighted by molar-refractivity contribution is 5.92. The molecule has 0 aliphatic carbocycles. The number of nitrogens with zero attached hydrogens (tertiary/aromatic N) is 2. The van der Waals surface area contributed by atoms with Crippen molar-refractivity contribution in [1.82, 2.24) is 10.3 Å². The minimum Gasteiger partial charge on any atom is -0.382 e. The molecule has 1 amide bonds. The summed E-state index contributed by atoms with van der Waals surface area (Å²) in [4.78, 5) is 17.4. The lowest BCUT2D eigenvalue weighted by Gasteiger charge is -2.30. The van der Waals surface area contributed by atoms with Gasteiger partial charge in [-0.2, -0.15) is 13.2 Å². The number of alkyl halides is 3. The number of amides is 1. The van der Waals surface area contributed by atoms with Gasteiger partial charge in [0, 0.05) is 38.9 Å². The monoisotopic (exact) mass is 350 g/mol. The van der Waals surface area contributed by atoms with Crippen LogP contribution in [-0.4, -0.2) is 38.1 Å². The molecular weight excluding hydrogens is 333 g/mol. The summed E-state index contributed by atoms with van der Waals surface area (Å²) in [6.07, 6.45) is -3.21. The van der Waals surface area contributed by atoms with E-state index in [9.17, 15) is 18.0 Å². The van der Waals surface area contributed by atoms with E-state index in [4.69, 9.17) is 0 Å². The SMILES string of the molecule is CNC(=O)c1ccc(-c2cc3c(cc2C(F)(F)F)NCCN3C)cn1. The van der Waals surface area contributed by atoms with Crippen molar-refractivity contribution in [3.8, 4) is 11.1 Å². The molecular formula is C17H17F3N4O. The third-order valence-corrected chi connectivity index (χ3v) is 4.15. The molecule has 0 fully saturated rings. The number of anilines is 2. The molecule has 5 nitrogen and oxygen atoms in total. The number of aromatic nitrogens is 1. The fraction of sp³-hybridized carbons (Fsp3) is 0.294. The van der Waals surface area contributed by atoms with E-state index in [1.165, 1.54) is 31.4 Å². The first-order valence-electron chi connectivity index (χ1n) is 7.70. The smallest absolute Gasteiger partial charge is 0.382 e. The number of likely N-dealkylation sites (N-methyl/N-ethyl adjacent to an activating group) is 1. The fourth-order valence-electron chi connectivity index (χ4n) is 2.81. The third kappa shape index (κ3) is 3.24. The van der Waals surface area contributed by atoms with Gasteiger partial charge >= 0.3 is 6.18 Å². The molecule has 2 aromatic rings. The molecule has 1 aliphatic heterocycles. The highest BCUT2D eigenvalue weighted by atomic mass is 19.4. The molecule has 1 aliphatic rings. The van der Waals surface area contributed by atoms with Gasteiger partial charge in [0.15, 0.2) is 0 Å². The van der Waals surface area contributed by atoms with Crippen molar-refractivity contribution in [2.24, 2.45) is 0 Å². The largest absolute Gasteiger partial charge is 0.417 e. The van der Waals surface area contributed by atoms with Crippen molar-refractivity contribution in [2.75, 3.05) is 37.4 Å². The van der Waals surface area contributed by atoms with Crippen molar-refractivity contribution in [2.45, 2.75) is 6.18 Å². The van der Waals surface area contributed by atoms with Crippen LogP contribution in [0.1, 0.15) is 16.1 Å². The van der Waals surface area contributed by atoms with Gasteiger partial charge in [0.1, 0.15) is 5.69 Å². The quantitative estimate of drug-likeness (QED) is 0.874. The third-order valence-electron chi connectivity index (χ3n) is 4.15. The first-order valence-corrected chi connectivity index (χ1v) is 7.70. The molecule has 2 heterocycles. The molecule has 3 rings (SSSR count). The van der Waals surface area contributed by atoms with Gasteiger partial charge in [0.25, 0.3) is 5.91 Å². The van der Waals surface area contributed by atoms with Gasteiger partial charge in [0.05, 0.1) is 16.9 Å². The van der Waals surface area contributed by atoms with Crippen molar-refractivity contribution in [3.63, 3.8) is 0 Å². The maximum atomic E-state index is 13.5. The highest BCUT2D eigenvalue weighted by Gasteiger charge is 2.35. The van der Waals surface area contributed by atoms with Crippen molar-refractivity contribution in [1.29, 1.82) is 0 Å². The van der Waals surface area contributed by atoms with Crippen molar-refractivity contribution in [3.05, 3.63) is 41.7 Å². The molecule has 0 saturated heterocycles. The van der Waals surface area contributed by atoms with Gasteiger partial charge in [-0.05, 0) is 23.8 Å². The molecule has 0 unspecified atom stereocenters. The number of carbonyl (C=O) groups excluding carboxylic acids is 1. The van der Waals surface area contributed by atoms with E-state index >= 15 is 0 Å². The van der Waals surface area contributed by atoms with Crippen LogP contribution in [0.15, 0.2) is 30.5 Å². The first kappa shape index (κ1) is 17.1. The molecule has 0 bridgehead atoms. The summed E-state index contributed by atoms with van der Waals surface area (Å²) in [5, 5.41) is 5.43. The van der Waals surface area contributed by atoms with Crippen molar-refractivity contribution < 1.29 is 18.0 Å². The summed E-state index contributed by atoms with van der Waals surface area (Å²) < 4.78 is 40.6. The van der Waals surface area contributed by atoms with Crippen LogP contribution in [0.25, 0.3) is 11.1 Å². The maximum absolute atomic E-state index is 13.5. The number of hydrogen-bond acceptors (Lipinski definition) is 4. The number of benzene rings is 1. The Kier molecular flexibility index (Phi) is 4.28. The van der Waals surface area contributed by atoms with Crippen LogP contribution >= 0.6 is 0 Å². The number of hydrogen-bond donors (Lipinski definition) is 2. The van der Waals surface area contributed by atoms with Gasteiger partial charge in [-0.1, -0.05) is 6.07 Å². The number of halogens is 3. The number of nitrogens with one attached hydrogen (secondary N) is 2. The van der Waals surface area contributed by atoms with Crippen LogP contribution < -0.4 is 15.5 Å². The predicted octanol–water partition coefficient (Wildman–Crippen LogP) is 2.99. The number of carbonyl (C=O) groups is 1. The lowest BCUT2D eigenvalue weighted by atomic mass is 9.97. The van der Waals surface area contributed by atoms with Gasteiger partial charge in [-0.15, -0.1) is 0 Å². The highest BCUT2D eigenvalue weighted by Crippen LogP contribution is 2.43. The Morgan fingerprint density at radius 3 is 2.68 bits per heavy atom. The summed E-state index contributed by atoms with van der Waals surface area (Å²) in [5.74, 6) is -0.392. The van der Waals surface area contributed by atoms with Gasteiger partial charge < -0.3 is 15.5 Å². The zero-order valence-electron chi connectivity index (χ0n) is 13.7. The Morgan fingerprint density at radius 1 is 1.32 bits per heavy atom. The molecule has 8 heteroatoms. The van der Waals surface area contributed by atoms with E-state index in [1.54, 1.807) is 0 Å².